The van der Waals surface area contributed by atoms with Crippen LogP contribution in [0.4, 0.5) is 5.69 Å². The minimum atomic E-state index is 0.525. The summed E-state index contributed by atoms with van der Waals surface area (Å²) in [5, 5.41) is 3.70. The van der Waals surface area contributed by atoms with E-state index in [4.69, 9.17) is 4.74 Å². The van der Waals surface area contributed by atoms with Crippen LogP contribution >= 0.6 is 0 Å². The summed E-state index contributed by atoms with van der Waals surface area (Å²) in [6.07, 6.45) is 2.79. The Hall–Kier alpha value is -1.22. The van der Waals surface area contributed by atoms with Crippen LogP contribution < -0.4 is 15.0 Å². The van der Waals surface area contributed by atoms with Gasteiger partial charge in [0.15, 0.2) is 0 Å². The number of para-hydroxylation sites is 2. The average Bonchev–Trinajstić information content (AvgIpc) is 3.25. The van der Waals surface area contributed by atoms with Crippen molar-refractivity contribution in [2.75, 3.05) is 24.6 Å². The third kappa shape index (κ3) is 2.71. The lowest BCUT2D eigenvalue weighted by atomic mass is 10.0. The molecule has 1 saturated heterocycles. The SMILES string of the molecule is CCOc1ccccc1N1CC(C2CC2)NCC1C. The van der Waals surface area contributed by atoms with E-state index in [0.717, 1.165) is 31.4 Å². The second-order valence-corrected chi connectivity index (χ2v) is 5.75. The van der Waals surface area contributed by atoms with E-state index in [1.807, 2.05) is 6.92 Å². The van der Waals surface area contributed by atoms with Gasteiger partial charge in [-0.1, -0.05) is 12.1 Å². The summed E-state index contributed by atoms with van der Waals surface area (Å²) in [6, 6.07) is 9.62. The fourth-order valence-corrected chi connectivity index (χ4v) is 3.01. The number of rotatable bonds is 4. The van der Waals surface area contributed by atoms with Gasteiger partial charge in [0, 0.05) is 25.2 Å². The van der Waals surface area contributed by atoms with Crippen molar-refractivity contribution < 1.29 is 4.74 Å². The number of nitrogens with zero attached hydrogens (tertiary/aromatic N) is 1. The van der Waals surface area contributed by atoms with Gasteiger partial charge in [-0.3, -0.25) is 0 Å². The Bertz CT molecular complexity index is 431. The molecule has 3 nitrogen and oxygen atoms in total. The zero-order valence-electron chi connectivity index (χ0n) is 11.9. The lowest BCUT2D eigenvalue weighted by Crippen LogP contribution is -2.56. The predicted molar refractivity (Wildman–Crippen MR) is 78.9 cm³/mol. The third-order valence-electron chi connectivity index (χ3n) is 4.27. The van der Waals surface area contributed by atoms with Gasteiger partial charge in [-0.05, 0) is 44.7 Å². The maximum Gasteiger partial charge on any atom is 0.142 e. The van der Waals surface area contributed by atoms with Gasteiger partial charge in [-0.2, -0.15) is 0 Å². The standard InChI is InChI=1S/C16H24N2O/c1-3-19-16-7-5-4-6-15(16)18-11-14(13-8-9-13)17-10-12(18)2/h4-7,12-14,17H,3,8-11H2,1-2H3. The van der Waals surface area contributed by atoms with Crippen LogP contribution in [-0.2, 0) is 0 Å². The molecule has 1 heterocycles. The summed E-state index contributed by atoms with van der Waals surface area (Å²) >= 11 is 0. The summed E-state index contributed by atoms with van der Waals surface area (Å²) in [7, 11) is 0. The number of ether oxygens (including phenoxy) is 1. The first kappa shape index (κ1) is 12.8. The van der Waals surface area contributed by atoms with E-state index < -0.39 is 0 Å². The van der Waals surface area contributed by atoms with Gasteiger partial charge in [-0.25, -0.2) is 0 Å². The molecule has 1 saturated carbocycles. The van der Waals surface area contributed by atoms with Crippen molar-refractivity contribution in [3.63, 3.8) is 0 Å². The van der Waals surface area contributed by atoms with Crippen LogP contribution in [0.25, 0.3) is 0 Å². The molecule has 3 heteroatoms. The highest BCUT2D eigenvalue weighted by molar-refractivity contribution is 5.59. The Kier molecular flexibility index (Phi) is 3.65. The van der Waals surface area contributed by atoms with Gasteiger partial charge in [0.25, 0.3) is 0 Å². The maximum atomic E-state index is 5.79. The first-order chi connectivity index (χ1) is 9.29. The van der Waals surface area contributed by atoms with Crippen LogP contribution in [0, 0.1) is 5.92 Å². The largest absolute Gasteiger partial charge is 0.492 e. The highest BCUT2D eigenvalue weighted by atomic mass is 16.5. The Morgan fingerprint density at radius 2 is 2.11 bits per heavy atom. The zero-order valence-corrected chi connectivity index (χ0v) is 11.9. The highest BCUT2D eigenvalue weighted by Gasteiger charge is 2.36. The van der Waals surface area contributed by atoms with Crippen LogP contribution in [0.5, 0.6) is 5.75 Å². The predicted octanol–water partition coefficient (Wildman–Crippen LogP) is 2.66. The molecule has 1 aromatic rings. The molecule has 104 valence electrons. The van der Waals surface area contributed by atoms with Crippen LogP contribution in [0.3, 0.4) is 0 Å². The number of hydrogen-bond acceptors (Lipinski definition) is 3. The zero-order chi connectivity index (χ0) is 13.2. The summed E-state index contributed by atoms with van der Waals surface area (Å²) in [6.45, 7) is 7.24. The molecule has 1 N–H and O–H groups in total. The van der Waals surface area contributed by atoms with E-state index in [1.165, 1.54) is 18.5 Å². The van der Waals surface area contributed by atoms with Crippen LogP contribution in [0.1, 0.15) is 26.7 Å². The monoisotopic (exact) mass is 260 g/mol. The summed E-state index contributed by atoms with van der Waals surface area (Å²) in [4.78, 5) is 2.52. The molecule has 0 amide bonds. The molecule has 3 rings (SSSR count). The third-order valence-corrected chi connectivity index (χ3v) is 4.27. The van der Waals surface area contributed by atoms with Crippen molar-refractivity contribution >= 4 is 5.69 Å². The number of piperazine rings is 1. The molecule has 1 aliphatic carbocycles. The van der Waals surface area contributed by atoms with E-state index in [-0.39, 0.29) is 0 Å². The lowest BCUT2D eigenvalue weighted by molar-refractivity contribution is 0.333. The van der Waals surface area contributed by atoms with Crippen LogP contribution in [0.2, 0.25) is 0 Å². The molecule has 0 bridgehead atoms. The molecule has 2 aliphatic rings. The quantitative estimate of drug-likeness (QED) is 0.901. The van der Waals surface area contributed by atoms with Gasteiger partial charge in [0.1, 0.15) is 5.75 Å². The summed E-state index contributed by atoms with van der Waals surface area (Å²) in [5.41, 5.74) is 1.25. The van der Waals surface area contributed by atoms with Crippen molar-refractivity contribution in [1.29, 1.82) is 0 Å². The van der Waals surface area contributed by atoms with E-state index in [2.05, 4.69) is 41.4 Å². The maximum absolute atomic E-state index is 5.79. The number of hydrogen-bond donors (Lipinski definition) is 1. The molecule has 2 atom stereocenters. The van der Waals surface area contributed by atoms with Gasteiger partial charge >= 0.3 is 0 Å². The molecule has 1 aliphatic heterocycles. The molecule has 19 heavy (non-hydrogen) atoms. The van der Waals surface area contributed by atoms with Gasteiger partial charge in [0.2, 0.25) is 0 Å². The molecule has 0 aromatic heterocycles. The van der Waals surface area contributed by atoms with Gasteiger partial charge in [-0.15, -0.1) is 0 Å². The van der Waals surface area contributed by atoms with Crippen molar-refractivity contribution in [2.45, 2.75) is 38.8 Å². The summed E-state index contributed by atoms with van der Waals surface area (Å²) < 4.78 is 5.79. The van der Waals surface area contributed by atoms with Crippen molar-refractivity contribution in [3.05, 3.63) is 24.3 Å². The Labute approximate surface area is 115 Å². The normalized spacial score (nSPS) is 27.4. The van der Waals surface area contributed by atoms with Crippen LogP contribution in [0.15, 0.2) is 24.3 Å². The second kappa shape index (κ2) is 5.41. The minimum Gasteiger partial charge on any atom is -0.492 e. The minimum absolute atomic E-state index is 0.525. The molecule has 2 unspecified atom stereocenters. The Balaban J connectivity index is 1.81. The smallest absolute Gasteiger partial charge is 0.142 e. The molecule has 2 fully saturated rings. The van der Waals surface area contributed by atoms with E-state index in [1.54, 1.807) is 0 Å². The van der Waals surface area contributed by atoms with Gasteiger partial charge in [0.05, 0.1) is 12.3 Å². The number of anilines is 1. The Morgan fingerprint density at radius 3 is 2.84 bits per heavy atom. The number of benzene rings is 1. The van der Waals surface area contributed by atoms with Crippen molar-refractivity contribution in [3.8, 4) is 5.75 Å². The van der Waals surface area contributed by atoms with Gasteiger partial charge < -0.3 is 15.0 Å². The Morgan fingerprint density at radius 1 is 1.32 bits per heavy atom. The topological polar surface area (TPSA) is 24.5 Å². The van der Waals surface area contributed by atoms with E-state index in [9.17, 15) is 0 Å². The van der Waals surface area contributed by atoms with Crippen molar-refractivity contribution in [1.82, 2.24) is 5.32 Å². The van der Waals surface area contributed by atoms with Crippen LogP contribution in [-0.4, -0.2) is 31.8 Å². The molecular weight excluding hydrogens is 236 g/mol. The fraction of sp³-hybridized carbons (Fsp3) is 0.625. The lowest BCUT2D eigenvalue weighted by Gasteiger charge is -2.41. The number of nitrogens with one attached hydrogen (secondary N) is 1. The van der Waals surface area contributed by atoms with E-state index in [0.29, 0.717) is 12.1 Å². The van der Waals surface area contributed by atoms with Crippen molar-refractivity contribution in [2.24, 2.45) is 5.92 Å². The fourth-order valence-electron chi connectivity index (χ4n) is 3.01. The molecular formula is C16H24N2O. The second-order valence-electron chi connectivity index (χ2n) is 5.75. The average molecular weight is 260 g/mol. The molecule has 0 spiro atoms. The first-order valence-electron chi connectivity index (χ1n) is 7.51. The van der Waals surface area contributed by atoms with E-state index >= 15 is 0 Å². The molecule has 0 radical (unpaired) electrons. The first-order valence-corrected chi connectivity index (χ1v) is 7.51. The highest BCUT2D eigenvalue weighted by Crippen LogP contribution is 2.37. The molecule has 1 aromatic carbocycles. The summed E-state index contributed by atoms with van der Waals surface area (Å²) in [5.74, 6) is 1.92.